The molecule has 2 aromatic rings. The Balaban J connectivity index is 2.26. The van der Waals surface area contributed by atoms with Crippen LogP contribution < -0.4 is 20.5 Å². The number of benzene rings is 2. The Labute approximate surface area is 151 Å². The Morgan fingerprint density at radius 3 is 2.54 bits per heavy atom. The van der Waals surface area contributed by atoms with Gasteiger partial charge >= 0.3 is 0 Å². The topological polar surface area (TPSA) is 86.0 Å². The minimum absolute atomic E-state index is 0.0315. The number of rotatable bonds is 7. The maximum absolute atomic E-state index is 14.2. The zero-order valence-electron chi connectivity index (χ0n) is 15.1. The van der Waals surface area contributed by atoms with E-state index in [1.807, 2.05) is 6.07 Å². The maximum atomic E-state index is 14.2. The highest BCUT2D eigenvalue weighted by molar-refractivity contribution is 5.99. The van der Waals surface area contributed by atoms with Crippen LogP contribution in [0.15, 0.2) is 30.3 Å². The molecule has 0 heterocycles. The number of hydroxylamine groups is 2. The number of nitrogens with one attached hydrogen (secondary N) is 1. The maximum Gasteiger partial charge on any atom is 0.279 e. The molecule has 0 bridgehead atoms. The molecule has 0 aromatic heterocycles. The molecule has 0 saturated carbocycles. The summed E-state index contributed by atoms with van der Waals surface area (Å²) in [6, 6.07) is 7.79. The van der Waals surface area contributed by atoms with Gasteiger partial charge < -0.3 is 20.5 Å². The fourth-order valence-electron chi connectivity index (χ4n) is 2.35. The number of ether oxygens (including phenoxy) is 2. The minimum atomic E-state index is -0.563. The van der Waals surface area contributed by atoms with E-state index in [2.05, 4.69) is 5.32 Å². The number of carbonyl (C=O) groups is 1. The van der Waals surface area contributed by atoms with Crippen molar-refractivity contribution in [2.75, 3.05) is 39.4 Å². The van der Waals surface area contributed by atoms with Gasteiger partial charge in [-0.25, -0.2) is 9.45 Å². The SMILES string of the molecule is COc1ccc(CNc2cc(C(=O)N(C)OC)c(N)cc2F)c(OC)c1. The third kappa shape index (κ3) is 4.15. The summed E-state index contributed by atoms with van der Waals surface area (Å²) >= 11 is 0. The number of carbonyl (C=O) groups excluding carboxylic acids is 1. The molecule has 2 aromatic carbocycles. The summed E-state index contributed by atoms with van der Waals surface area (Å²) < 4.78 is 24.7. The van der Waals surface area contributed by atoms with E-state index in [1.165, 1.54) is 20.2 Å². The van der Waals surface area contributed by atoms with Crippen LogP contribution in [-0.2, 0) is 11.4 Å². The number of halogens is 1. The van der Waals surface area contributed by atoms with Gasteiger partial charge in [-0.15, -0.1) is 0 Å². The lowest BCUT2D eigenvalue weighted by atomic mass is 10.1. The summed E-state index contributed by atoms with van der Waals surface area (Å²) in [7, 11) is 5.90. The summed E-state index contributed by atoms with van der Waals surface area (Å²) in [5.41, 5.74) is 6.88. The number of hydrogen-bond donors (Lipinski definition) is 2. The van der Waals surface area contributed by atoms with E-state index in [0.29, 0.717) is 11.5 Å². The molecule has 0 unspecified atom stereocenters. The first kappa shape index (κ1) is 19.3. The van der Waals surface area contributed by atoms with E-state index in [4.69, 9.17) is 20.0 Å². The Bertz CT molecular complexity index is 798. The monoisotopic (exact) mass is 363 g/mol. The molecule has 8 heteroatoms. The van der Waals surface area contributed by atoms with Crippen LogP contribution in [0.3, 0.4) is 0 Å². The fourth-order valence-corrected chi connectivity index (χ4v) is 2.35. The highest BCUT2D eigenvalue weighted by atomic mass is 19.1. The third-order valence-corrected chi connectivity index (χ3v) is 3.89. The van der Waals surface area contributed by atoms with Gasteiger partial charge in [-0.3, -0.25) is 9.63 Å². The summed E-state index contributed by atoms with van der Waals surface area (Å²) in [4.78, 5) is 17.1. The number of nitrogen functional groups attached to an aromatic ring is 1. The Hall–Kier alpha value is -3.00. The molecule has 0 aliphatic carbocycles. The van der Waals surface area contributed by atoms with Crippen molar-refractivity contribution in [2.24, 2.45) is 0 Å². The van der Waals surface area contributed by atoms with Gasteiger partial charge in [-0.1, -0.05) is 0 Å². The molecule has 3 N–H and O–H groups in total. The van der Waals surface area contributed by atoms with Crippen molar-refractivity contribution in [3.8, 4) is 11.5 Å². The summed E-state index contributed by atoms with van der Waals surface area (Å²) in [5, 5.41) is 3.97. The first-order valence-electron chi connectivity index (χ1n) is 7.77. The summed E-state index contributed by atoms with van der Waals surface area (Å²) in [6.45, 7) is 0.280. The smallest absolute Gasteiger partial charge is 0.279 e. The average molecular weight is 363 g/mol. The van der Waals surface area contributed by atoms with Gasteiger partial charge in [0.15, 0.2) is 0 Å². The number of anilines is 2. The van der Waals surface area contributed by atoms with Crippen molar-refractivity contribution >= 4 is 17.3 Å². The van der Waals surface area contributed by atoms with Crippen molar-refractivity contribution in [1.29, 1.82) is 0 Å². The zero-order chi connectivity index (χ0) is 19.3. The second kappa shape index (κ2) is 8.39. The van der Waals surface area contributed by atoms with Crippen molar-refractivity contribution in [3.63, 3.8) is 0 Å². The molecule has 1 amide bonds. The van der Waals surface area contributed by atoms with Crippen LogP contribution in [0.25, 0.3) is 0 Å². The lowest BCUT2D eigenvalue weighted by Gasteiger charge is -2.17. The van der Waals surface area contributed by atoms with E-state index in [9.17, 15) is 9.18 Å². The first-order chi connectivity index (χ1) is 12.4. The number of nitrogens with zero attached hydrogens (tertiary/aromatic N) is 1. The lowest BCUT2D eigenvalue weighted by Crippen LogP contribution is -2.26. The quantitative estimate of drug-likeness (QED) is 0.581. The van der Waals surface area contributed by atoms with Gasteiger partial charge in [0.05, 0.1) is 32.6 Å². The van der Waals surface area contributed by atoms with Gasteiger partial charge in [0.2, 0.25) is 0 Å². The van der Waals surface area contributed by atoms with Gasteiger partial charge in [0.1, 0.15) is 17.3 Å². The van der Waals surface area contributed by atoms with Crippen LogP contribution in [0.1, 0.15) is 15.9 Å². The molecule has 0 spiro atoms. The fraction of sp³-hybridized carbons (Fsp3) is 0.278. The van der Waals surface area contributed by atoms with Crippen molar-refractivity contribution < 1.29 is 23.5 Å². The van der Waals surface area contributed by atoms with E-state index < -0.39 is 11.7 Å². The Morgan fingerprint density at radius 2 is 1.92 bits per heavy atom. The lowest BCUT2D eigenvalue weighted by molar-refractivity contribution is -0.0756. The summed E-state index contributed by atoms with van der Waals surface area (Å²) in [5.74, 6) is 0.213. The molecule has 140 valence electrons. The molecule has 0 aliphatic heterocycles. The molecule has 7 nitrogen and oxygen atoms in total. The van der Waals surface area contributed by atoms with Crippen molar-refractivity contribution in [3.05, 3.63) is 47.3 Å². The second-order valence-electron chi connectivity index (χ2n) is 5.44. The predicted octanol–water partition coefficient (Wildman–Crippen LogP) is 2.67. The van der Waals surface area contributed by atoms with Gasteiger partial charge in [0.25, 0.3) is 5.91 Å². The molecular weight excluding hydrogens is 341 g/mol. The number of methoxy groups -OCH3 is 2. The van der Waals surface area contributed by atoms with Crippen LogP contribution in [0, 0.1) is 5.82 Å². The van der Waals surface area contributed by atoms with Crippen molar-refractivity contribution in [2.45, 2.75) is 6.54 Å². The average Bonchev–Trinajstić information content (AvgIpc) is 2.66. The minimum Gasteiger partial charge on any atom is -0.497 e. The molecule has 2 rings (SSSR count). The largest absolute Gasteiger partial charge is 0.497 e. The molecule has 0 saturated heterocycles. The molecular formula is C18H22FN3O4. The third-order valence-electron chi connectivity index (χ3n) is 3.89. The highest BCUT2D eigenvalue weighted by Gasteiger charge is 2.18. The van der Waals surface area contributed by atoms with Crippen molar-refractivity contribution in [1.82, 2.24) is 5.06 Å². The molecule has 0 atom stereocenters. The van der Waals surface area contributed by atoms with E-state index in [1.54, 1.807) is 26.4 Å². The van der Waals surface area contributed by atoms with Gasteiger partial charge in [0, 0.05) is 30.9 Å². The van der Waals surface area contributed by atoms with Crippen LogP contribution in [0.5, 0.6) is 11.5 Å². The Morgan fingerprint density at radius 1 is 1.19 bits per heavy atom. The van der Waals surface area contributed by atoms with E-state index in [0.717, 1.165) is 16.7 Å². The van der Waals surface area contributed by atoms with Crippen LogP contribution in [-0.4, -0.2) is 39.3 Å². The zero-order valence-corrected chi connectivity index (χ0v) is 15.1. The standard InChI is InChI=1S/C18H22FN3O4/c1-22(26-4)18(23)13-8-16(14(19)9-15(13)20)21-10-11-5-6-12(24-2)7-17(11)25-3/h5-9,21H,10,20H2,1-4H3. The number of hydrogen-bond acceptors (Lipinski definition) is 6. The van der Waals surface area contributed by atoms with E-state index in [-0.39, 0.29) is 23.5 Å². The molecule has 0 fully saturated rings. The first-order valence-corrected chi connectivity index (χ1v) is 7.77. The van der Waals surface area contributed by atoms with Crippen LogP contribution in [0.2, 0.25) is 0 Å². The second-order valence-corrected chi connectivity index (χ2v) is 5.44. The molecule has 0 aliphatic rings. The van der Waals surface area contributed by atoms with E-state index >= 15 is 0 Å². The van der Waals surface area contributed by atoms with Gasteiger partial charge in [-0.2, -0.15) is 0 Å². The number of amides is 1. The summed E-state index contributed by atoms with van der Waals surface area (Å²) in [6.07, 6.45) is 0. The van der Waals surface area contributed by atoms with Gasteiger partial charge in [-0.05, 0) is 24.3 Å². The Kier molecular flexibility index (Phi) is 6.24. The predicted molar refractivity (Wildman–Crippen MR) is 96.8 cm³/mol. The van der Waals surface area contributed by atoms with Crippen LogP contribution >= 0.6 is 0 Å². The molecule has 0 radical (unpaired) electrons. The normalized spacial score (nSPS) is 10.3. The molecule has 26 heavy (non-hydrogen) atoms. The highest BCUT2D eigenvalue weighted by Crippen LogP contribution is 2.27. The number of nitrogens with two attached hydrogens (primary N) is 1. The van der Waals surface area contributed by atoms with Crippen LogP contribution in [0.4, 0.5) is 15.8 Å².